The lowest BCUT2D eigenvalue weighted by Gasteiger charge is -2.21. The van der Waals surface area contributed by atoms with Crippen molar-refractivity contribution in [3.05, 3.63) is 33.3 Å². The second-order valence-corrected chi connectivity index (χ2v) is 4.84. The van der Waals surface area contributed by atoms with Crippen LogP contribution < -0.4 is 10.6 Å². The van der Waals surface area contributed by atoms with E-state index in [0.29, 0.717) is 5.69 Å². The van der Waals surface area contributed by atoms with E-state index in [0.717, 1.165) is 25.9 Å². The van der Waals surface area contributed by atoms with Crippen molar-refractivity contribution < 1.29 is 9.72 Å². The zero-order chi connectivity index (χ0) is 13.8. The van der Waals surface area contributed by atoms with Crippen molar-refractivity contribution in [3.63, 3.8) is 0 Å². The Morgan fingerprint density at radius 2 is 2.11 bits per heavy atom. The normalized spacial score (nSPS) is 16.1. The van der Waals surface area contributed by atoms with E-state index in [9.17, 15) is 14.9 Å². The van der Waals surface area contributed by atoms with Gasteiger partial charge in [0.2, 0.25) is 5.91 Å². The molecule has 0 atom stereocenters. The van der Waals surface area contributed by atoms with E-state index in [1.165, 1.54) is 18.2 Å². The summed E-state index contributed by atoms with van der Waals surface area (Å²) in [6, 6.07) is 4.18. The third-order valence-electron chi connectivity index (χ3n) is 3.12. The van der Waals surface area contributed by atoms with Crippen LogP contribution in [0, 0.1) is 16.0 Å². The number of anilines is 1. The lowest BCUT2D eigenvalue weighted by Crippen LogP contribution is -2.34. The molecule has 1 aromatic rings. The summed E-state index contributed by atoms with van der Waals surface area (Å²) in [6.07, 6.45) is 1.60. The zero-order valence-electron chi connectivity index (χ0n) is 10.2. The van der Waals surface area contributed by atoms with Gasteiger partial charge in [-0.2, -0.15) is 0 Å². The fraction of sp³-hybridized carbons (Fsp3) is 0.417. The Bertz CT molecular complexity index is 501. The van der Waals surface area contributed by atoms with E-state index < -0.39 is 4.92 Å². The molecule has 0 saturated carbocycles. The number of nitrogens with one attached hydrogen (secondary N) is 2. The maximum atomic E-state index is 12.0. The summed E-state index contributed by atoms with van der Waals surface area (Å²) < 4.78 is 0. The van der Waals surface area contributed by atoms with Crippen molar-refractivity contribution in [1.82, 2.24) is 5.32 Å². The Kier molecular flexibility index (Phi) is 4.34. The summed E-state index contributed by atoms with van der Waals surface area (Å²) in [5, 5.41) is 16.6. The van der Waals surface area contributed by atoms with Crippen LogP contribution in [0.1, 0.15) is 12.8 Å². The van der Waals surface area contributed by atoms with Gasteiger partial charge in [0, 0.05) is 17.7 Å². The molecule has 0 bridgehead atoms. The first-order valence-electron chi connectivity index (χ1n) is 6.03. The molecular formula is C12H14ClN3O3. The molecule has 6 nitrogen and oxygen atoms in total. The van der Waals surface area contributed by atoms with Gasteiger partial charge in [0.15, 0.2) is 0 Å². The van der Waals surface area contributed by atoms with E-state index in [1.807, 2.05) is 0 Å². The topological polar surface area (TPSA) is 84.3 Å². The number of rotatable bonds is 3. The van der Waals surface area contributed by atoms with Gasteiger partial charge >= 0.3 is 0 Å². The average molecular weight is 284 g/mol. The minimum atomic E-state index is -0.555. The summed E-state index contributed by atoms with van der Waals surface area (Å²) in [6.45, 7) is 1.66. The maximum absolute atomic E-state index is 12.0. The fourth-order valence-corrected chi connectivity index (χ4v) is 2.31. The molecule has 1 fully saturated rings. The predicted molar refractivity (Wildman–Crippen MR) is 72.3 cm³/mol. The van der Waals surface area contributed by atoms with Gasteiger partial charge in [0.25, 0.3) is 5.69 Å². The molecule has 102 valence electrons. The number of amides is 1. The van der Waals surface area contributed by atoms with Crippen molar-refractivity contribution in [3.8, 4) is 0 Å². The number of hydrogen-bond donors (Lipinski definition) is 2. The number of nitrogens with zero attached hydrogens (tertiary/aromatic N) is 1. The van der Waals surface area contributed by atoms with Crippen LogP contribution in [0.5, 0.6) is 0 Å². The molecule has 0 spiro atoms. The standard InChI is InChI=1S/C12H14ClN3O3/c13-10-7-9(1-2-11(10)16(18)19)15-12(17)8-3-5-14-6-4-8/h1-2,7-8,14H,3-6H2,(H,15,17). The molecule has 0 aromatic heterocycles. The Hall–Kier alpha value is -1.66. The first-order chi connectivity index (χ1) is 9.08. The highest BCUT2D eigenvalue weighted by Crippen LogP contribution is 2.27. The molecule has 0 radical (unpaired) electrons. The number of nitro groups is 1. The molecule has 1 aliphatic heterocycles. The van der Waals surface area contributed by atoms with Crippen LogP contribution in [0.3, 0.4) is 0 Å². The number of nitro benzene ring substituents is 1. The van der Waals surface area contributed by atoms with Gasteiger partial charge in [0.05, 0.1) is 4.92 Å². The summed E-state index contributed by atoms with van der Waals surface area (Å²) in [7, 11) is 0. The summed E-state index contributed by atoms with van der Waals surface area (Å²) in [5.74, 6) is -0.0818. The Morgan fingerprint density at radius 3 is 2.68 bits per heavy atom. The molecule has 1 heterocycles. The second-order valence-electron chi connectivity index (χ2n) is 4.44. The average Bonchev–Trinajstić information content (AvgIpc) is 2.39. The summed E-state index contributed by atoms with van der Waals surface area (Å²) >= 11 is 5.79. The van der Waals surface area contributed by atoms with Crippen LogP contribution in [0.4, 0.5) is 11.4 Å². The summed E-state index contributed by atoms with van der Waals surface area (Å²) in [4.78, 5) is 22.1. The largest absolute Gasteiger partial charge is 0.326 e. The van der Waals surface area contributed by atoms with Gasteiger partial charge < -0.3 is 10.6 Å². The molecule has 2 N–H and O–H groups in total. The third-order valence-corrected chi connectivity index (χ3v) is 3.42. The number of carbonyl (C=O) groups is 1. The fourth-order valence-electron chi connectivity index (χ4n) is 2.06. The maximum Gasteiger partial charge on any atom is 0.288 e. The van der Waals surface area contributed by atoms with Crippen molar-refractivity contribution >= 4 is 28.9 Å². The van der Waals surface area contributed by atoms with Crippen molar-refractivity contribution in [1.29, 1.82) is 0 Å². The van der Waals surface area contributed by atoms with Crippen molar-refractivity contribution in [2.75, 3.05) is 18.4 Å². The lowest BCUT2D eigenvalue weighted by atomic mass is 9.97. The lowest BCUT2D eigenvalue weighted by molar-refractivity contribution is -0.384. The van der Waals surface area contributed by atoms with Crippen molar-refractivity contribution in [2.24, 2.45) is 5.92 Å². The van der Waals surface area contributed by atoms with Gasteiger partial charge in [-0.05, 0) is 38.1 Å². The van der Waals surface area contributed by atoms with E-state index in [-0.39, 0.29) is 22.5 Å². The summed E-state index contributed by atoms with van der Waals surface area (Å²) in [5.41, 5.74) is 0.320. The molecule has 19 heavy (non-hydrogen) atoms. The smallest absolute Gasteiger partial charge is 0.288 e. The van der Waals surface area contributed by atoms with Crippen molar-refractivity contribution in [2.45, 2.75) is 12.8 Å². The van der Waals surface area contributed by atoms with Crippen LogP contribution >= 0.6 is 11.6 Å². The molecule has 0 aliphatic carbocycles. The molecular weight excluding hydrogens is 270 g/mol. The van der Waals surface area contributed by atoms with Crippen LogP contribution in [-0.2, 0) is 4.79 Å². The zero-order valence-corrected chi connectivity index (χ0v) is 10.9. The van der Waals surface area contributed by atoms with Crippen LogP contribution in [0.2, 0.25) is 5.02 Å². The monoisotopic (exact) mass is 283 g/mol. The first kappa shape index (κ1) is 13.8. The molecule has 1 saturated heterocycles. The minimum Gasteiger partial charge on any atom is -0.326 e. The Balaban J connectivity index is 2.04. The number of hydrogen-bond acceptors (Lipinski definition) is 4. The van der Waals surface area contributed by atoms with Crippen LogP contribution in [0.25, 0.3) is 0 Å². The predicted octanol–water partition coefficient (Wildman–Crippen LogP) is 2.19. The highest BCUT2D eigenvalue weighted by atomic mass is 35.5. The third kappa shape index (κ3) is 3.42. The number of carbonyl (C=O) groups excluding carboxylic acids is 1. The number of benzene rings is 1. The highest BCUT2D eigenvalue weighted by Gasteiger charge is 2.21. The van der Waals surface area contributed by atoms with Gasteiger partial charge in [-0.3, -0.25) is 14.9 Å². The molecule has 1 amide bonds. The molecule has 0 unspecified atom stereocenters. The van der Waals surface area contributed by atoms with Crippen LogP contribution in [-0.4, -0.2) is 23.9 Å². The van der Waals surface area contributed by atoms with E-state index in [1.54, 1.807) is 0 Å². The molecule has 1 aromatic carbocycles. The molecule has 1 aliphatic rings. The first-order valence-corrected chi connectivity index (χ1v) is 6.41. The minimum absolute atomic E-state index is 0.0183. The van der Waals surface area contributed by atoms with Gasteiger partial charge in [-0.15, -0.1) is 0 Å². The SMILES string of the molecule is O=C(Nc1ccc([N+](=O)[O-])c(Cl)c1)C1CCNCC1. The molecule has 2 rings (SSSR count). The second kappa shape index (κ2) is 5.99. The van der Waals surface area contributed by atoms with E-state index in [2.05, 4.69) is 10.6 Å². The highest BCUT2D eigenvalue weighted by molar-refractivity contribution is 6.33. The van der Waals surface area contributed by atoms with Gasteiger partial charge in [0.1, 0.15) is 5.02 Å². The van der Waals surface area contributed by atoms with Crippen LogP contribution in [0.15, 0.2) is 18.2 Å². The Morgan fingerprint density at radius 1 is 1.42 bits per heavy atom. The number of piperidine rings is 1. The number of halogens is 1. The quantitative estimate of drug-likeness (QED) is 0.658. The Labute approximate surface area is 115 Å². The van der Waals surface area contributed by atoms with E-state index in [4.69, 9.17) is 11.6 Å². The van der Waals surface area contributed by atoms with Gasteiger partial charge in [-0.25, -0.2) is 0 Å². The van der Waals surface area contributed by atoms with E-state index >= 15 is 0 Å². The van der Waals surface area contributed by atoms with Gasteiger partial charge in [-0.1, -0.05) is 11.6 Å². The molecule has 7 heteroatoms.